The van der Waals surface area contributed by atoms with Gasteiger partial charge in [-0.15, -0.1) is 0 Å². The number of aliphatic hydroxyl groups excluding tert-OH is 1. The molecule has 7 heteroatoms. The molecule has 3 aromatic rings. The SMILES string of the molecule is O=C(NC[C@H](O)c1ccc(-c2ccsc2)o1)c1c(F)cccc1F. The number of benzene rings is 1. The van der Waals surface area contributed by atoms with Crippen LogP contribution in [0.15, 0.2) is 51.6 Å². The van der Waals surface area contributed by atoms with E-state index in [1.165, 1.54) is 17.4 Å². The van der Waals surface area contributed by atoms with Crippen LogP contribution in [0, 0.1) is 11.6 Å². The Kier molecular flexibility index (Phi) is 4.73. The lowest BCUT2D eigenvalue weighted by Crippen LogP contribution is -2.29. The number of hydrogen-bond acceptors (Lipinski definition) is 4. The number of hydrogen-bond donors (Lipinski definition) is 2. The molecule has 0 aliphatic carbocycles. The van der Waals surface area contributed by atoms with E-state index in [2.05, 4.69) is 5.32 Å². The van der Waals surface area contributed by atoms with Gasteiger partial charge in [-0.25, -0.2) is 8.78 Å². The standard InChI is InChI=1S/C17H13F2NO3S/c18-11-2-1-3-12(19)16(11)17(22)20-8-13(21)15-5-4-14(23-15)10-6-7-24-9-10/h1-7,9,13,21H,8H2,(H,20,22)/t13-/m0/s1. The van der Waals surface area contributed by atoms with Gasteiger partial charge in [0.15, 0.2) is 0 Å². The van der Waals surface area contributed by atoms with Crippen molar-refractivity contribution >= 4 is 17.2 Å². The summed E-state index contributed by atoms with van der Waals surface area (Å²) in [4.78, 5) is 11.9. The lowest BCUT2D eigenvalue weighted by molar-refractivity contribution is 0.0893. The first-order valence-electron chi connectivity index (χ1n) is 7.09. The molecule has 1 atom stereocenters. The minimum Gasteiger partial charge on any atom is -0.458 e. The fourth-order valence-corrected chi connectivity index (χ4v) is 2.83. The number of carbonyl (C=O) groups excluding carboxylic acids is 1. The third-order valence-corrected chi connectivity index (χ3v) is 4.09. The van der Waals surface area contributed by atoms with Crippen LogP contribution in [-0.4, -0.2) is 17.6 Å². The van der Waals surface area contributed by atoms with Gasteiger partial charge in [0.2, 0.25) is 0 Å². The van der Waals surface area contributed by atoms with E-state index in [0.29, 0.717) is 5.76 Å². The Morgan fingerprint density at radius 1 is 1.21 bits per heavy atom. The molecule has 124 valence electrons. The summed E-state index contributed by atoms with van der Waals surface area (Å²) in [6.07, 6.45) is -1.13. The highest BCUT2D eigenvalue weighted by Crippen LogP contribution is 2.26. The number of furan rings is 1. The highest BCUT2D eigenvalue weighted by molar-refractivity contribution is 7.08. The van der Waals surface area contributed by atoms with Crippen LogP contribution in [-0.2, 0) is 0 Å². The maximum atomic E-state index is 13.5. The fourth-order valence-electron chi connectivity index (χ4n) is 2.18. The number of amides is 1. The van der Waals surface area contributed by atoms with Crippen LogP contribution in [0.25, 0.3) is 11.3 Å². The number of nitrogens with one attached hydrogen (secondary N) is 1. The zero-order chi connectivity index (χ0) is 17.1. The zero-order valence-corrected chi connectivity index (χ0v) is 13.1. The van der Waals surface area contributed by atoms with Gasteiger partial charge in [-0.1, -0.05) is 6.07 Å². The second-order valence-electron chi connectivity index (χ2n) is 5.04. The average molecular weight is 349 g/mol. The van der Waals surface area contributed by atoms with Crippen molar-refractivity contribution in [3.63, 3.8) is 0 Å². The van der Waals surface area contributed by atoms with Gasteiger partial charge < -0.3 is 14.8 Å². The predicted molar refractivity (Wildman–Crippen MR) is 85.7 cm³/mol. The fraction of sp³-hybridized carbons (Fsp3) is 0.118. The third-order valence-electron chi connectivity index (χ3n) is 3.41. The van der Waals surface area contributed by atoms with E-state index in [1.54, 1.807) is 12.1 Å². The summed E-state index contributed by atoms with van der Waals surface area (Å²) >= 11 is 1.52. The van der Waals surface area contributed by atoms with Crippen LogP contribution in [0.1, 0.15) is 22.2 Å². The second-order valence-corrected chi connectivity index (χ2v) is 5.82. The summed E-state index contributed by atoms with van der Waals surface area (Å²) in [5.41, 5.74) is 0.207. The molecule has 0 unspecified atom stereocenters. The lowest BCUT2D eigenvalue weighted by Gasteiger charge is -2.10. The monoisotopic (exact) mass is 349 g/mol. The van der Waals surface area contributed by atoms with E-state index in [9.17, 15) is 18.7 Å². The molecule has 0 bridgehead atoms. The second kappa shape index (κ2) is 6.94. The zero-order valence-electron chi connectivity index (χ0n) is 12.3. The maximum Gasteiger partial charge on any atom is 0.257 e. The lowest BCUT2D eigenvalue weighted by atomic mass is 10.1. The van der Waals surface area contributed by atoms with E-state index in [1.807, 2.05) is 16.8 Å². The highest BCUT2D eigenvalue weighted by atomic mass is 32.1. The summed E-state index contributed by atoms with van der Waals surface area (Å²) in [7, 11) is 0. The van der Waals surface area contributed by atoms with Gasteiger partial charge >= 0.3 is 0 Å². The van der Waals surface area contributed by atoms with Gasteiger partial charge in [0.25, 0.3) is 5.91 Å². The van der Waals surface area contributed by atoms with Crippen molar-refractivity contribution in [3.8, 4) is 11.3 Å². The molecule has 0 aliphatic rings. The number of thiophene rings is 1. The van der Waals surface area contributed by atoms with Crippen molar-refractivity contribution in [2.75, 3.05) is 6.54 Å². The van der Waals surface area contributed by atoms with Crippen LogP contribution in [0.5, 0.6) is 0 Å². The van der Waals surface area contributed by atoms with Gasteiger partial charge in [0.05, 0.1) is 6.54 Å². The molecule has 0 saturated heterocycles. The molecule has 4 nitrogen and oxygen atoms in total. The Labute approximate surface area is 140 Å². The number of halogens is 2. The Balaban J connectivity index is 1.65. The minimum absolute atomic E-state index is 0.233. The molecule has 1 amide bonds. The number of aliphatic hydroxyl groups is 1. The van der Waals surface area contributed by atoms with Crippen LogP contribution in [0.4, 0.5) is 8.78 Å². The van der Waals surface area contributed by atoms with E-state index in [4.69, 9.17) is 4.42 Å². The van der Waals surface area contributed by atoms with Gasteiger partial charge in [-0.2, -0.15) is 11.3 Å². The molecule has 2 N–H and O–H groups in total. The first-order chi connectivity index (χ1) is 11.6. The normalized spacial score (nSPS) is 12.1. The minimum atomic E-state index is -1.13. The molecule has 2 heterocycles. The largest absolute Gasteiger partial charge is 0.458 e. The van der Waals surface area contributed by atoms with Gasteiger partial charge in [0, 0.05) is 10.9 Å². The molecule has 1 aromatic carbocycles. The topological polar surface area (TPSA) is 62.5 Å². The Hall–Kier alpha value is -2.51. The molecule has 2 aromatic heterocycles. The summed E-state index contributed by atoms with van der Waals surface area (Å²) in [6.45, 7) is -0.233. The number of carbonyl (C=O) groups is 1. The highest BCUT2D eigenvalue weighted by Gasteiger charge is 2.19. The molecule has 0 spiro atoms. The van der Waals surface area contributed by atoms with E-state index in [-0.39, 0.29) is 12.3 Å². The van der Waals surface area contributed by atoms with Crippen molar-refractivity contribution < 1.29 is 23.1 Å². The Morgan fingerprint density at radius 2 is 1.96 bits per heavy atom. The first-order valence-corrected chi connectivity index (χ1v) is 8.03. The summed E-state index contributed by atoms with van der Waals surface area (Å²) < 4.78 is 32.6. The smallest absolute Gasteiger partial charge is 0.257 e. The van der Waals surface area contributed by atoms with E-state index in [0.717, 1.165) is 17.7 Å². The summed E-state index contributed by atoms with van der Waals surface area (Å²) in [5, 5.41) is 16.2. The molecule has 0 fully saturated rings. The van der Waals surface area contributed by atoms with Crippen molar-refractivity contribution in [2.45, 2.75) is 6.10 Å². The van der Waals surface area contributed by atoms with Gasteiger partial charge in [-0.3, -0.25) is 4.79 Å². The van der Waals surface area contributed by atoms with Crippen LogP contribution >= 0.6 is 11.3 Å². The third kappa shape index (κ3) is 3.37. The summed E-state index contributed by atoms with van der Waals surface area (Å²) in [5.74, 6) is -2.00. The first kappa shape index (κ1) is 16.4. The van der Waals surface area contributed by atoms with Crippen LogP contribution in [0.3, 0.4) is 0 Å². The van der Waals surface area contributed by atoms with Gasteiger partial charge in [0.1, 0.15) is 34.8 Å². The molecule has 24 heavy (non-hydrogen) atoms. The quantitative estimate of drug-likeness (QED) is 0.737. The molecule has 0 radical (unpaired) electrons. The van der Waals surface area contributed by atoms with Crippen molar-refractivity contribution in [2.24, 2.45) is 0 Å². The van der Waals surface area contributed by atoms with Gasteiger partial charge in [-0.05, 0) is 35.7 Å². The van der Waals surface area contributed by atoms with Crippen molar-refractivity contribution in [1.29, 1.82) is 0 Å². The molecule has 3 rings (SSSR count). The Bertz CT molecular complexity index is 825. The van der Waals surface area contributed by atoms with Crippen LogP contribution in [0.2, 0.25) is 0 Å². The molecular weight excluding hydrogens is 336 g/mol. The number of rotatable bonds is 5. The van der Waals surface area contributed by atoms with Crippen LogP contribution < -0.4 is 5.32 Å². The Morgan fingerprint density at radius 3 is 2.62 bits per heavy atom. The average Bonchev–Trinajstić information content (AvgIpc) is 3.23. The molecule has 0 aliphatic heterocycles. The molecular formula is C17H13F2NO3S. The van der Waals surface area contributed by atoms with E-state index >= 15 is 0 Å². The molecule has 0 saturated carbocycles. The summed E-state index contributed by atoms with van der Waals surface area (Å²) in [6, 6.07) is 8.34. The van der Waals surface area contributed by atoms with E-state index < -0.39 is 29.2 Å². The van der Waals surface area contributed by atoms with Crippen molar-refractivity contribution in [3.05, 3.63) is 70.1 Å². The maximum absolute atomic E-state index is 13.5. The van der Waals surface area contributed by atoms with Crippen molar-refractivity contribution in [1.82, 2.24) is 5.32 Å². The predicted octanol–water partition coefficient (Wildman–Crippen LogP) is 3.75.